The Hall–Kier alpha value is -2.56. The molecule has 0 radical (unpaired) electrons. The van der Waals surface area contributed by atoms with Crippen LogP contribution in [0.5, 0.6) is 0 Å². The van der Waals surface area contributed by atoms with Crippen molar-refractivity contribution in [2.45, 2.75) is 39.2 Å². The van der Waals surface area contributed by atoms with E-state index in [1.807, 2.05) is 37.3 Å². The number of aryl methyl sites for hydroxylation is 2. The molecule has 3 N–H and O–H groups in total. The molecule has 1 heterocycles. The van der Waals surface area contributed by atoms with Crippen LogP contribution in [-0.2, 0) is 0 Å². The average molecular weight is 465 g/mol. The summed E-state index contributed by atoms with van der Waals surface area (Å²) >= 11 is 3.44. The van der Waals surface area contributed by atoms with Gasteiger partial charge < -0.3 is 15.4 Å². The summed E-state index contributed by atoms with van der Waals surface area (Å²) in [5.74, 6) is -0.0289. The molecule has 0 spiro atoms. The highest BCUT2D eigenvalue weighted by molar-refractivity contribution is 9.11. The Morgan fingerprint density at radius 1 is 0.967 bits per heavy atom. The van der Waals surface area contributed by atoms with Gasteiger partial charge in [0.2, 0.25) is 0 Å². The molecule has 156 valence electrons. The third-order valence-corrected chi connectivity index (χ3v) is 5.35. The van der Waals surface area contributed by atoms with Crippen LogP contribution in [0.4, 0.5) is 0 Å². The summed E-state index contributed by atoms with van der Waals surface area (Å²) in [6.45, 7) is 10.2. The molecule has 0 saturated carbocycles. The Bertz CT molecular complexity index is 1020. The minimum atomic E-state index is -0.698. The number of H-pyrrole nitrogens is 1. The number of aliphatic hydroxyl groups excluding tert-OH is 1. The summed E-state index contributed by atoms with van der Waals surface area (Å²) in [4.78, 5) is 3.48. The van der Waals surface area contributed by atoms with Crippen molar-refractivity contribution in [2.24, 2.45) is 0 Å². The molecule has 2 unspecified atom stereocenters. The van der Waals surface area contributed by atoms with E-state index >= 15 is 0 Å². The number of rotatable bonds is 8. The average Bonchev–Trinajstić information content (AvgIpc) is 3.19. The van der Waals surface area contributed by atoms with Crippen LogP contribution >= 0.6 is 15.9 Å². The molecule has 0 bridgehead atoms. The molecule has 0 saturated heterocycles. The molecule has 0 amide bonds. The molecule has 2 aromatic carbocycles. The number of nitrogens with one attached hydrogen (secondary N) is 2. The van der Waals surface area contributed by atoms with Gasteiger partial charge in [0, 0.05) is 17.1 Å². The molecular formula is C26H29BrN2O. The highest BCUT2D eigenvalue weighted by atomic mass is 79.9. The summed E-state index contributed by atoms with van der Waals surface area (Å²) in [6.07, 6.45) is 2.37. The number of aliphatic hydroxyl groups is 1. The van der Waals surface area contributed by atoms with Gasteiger partial charge in [-0.25, -0.2) is 0 Å². The highest BCUT2D eigenvalue weighted by Crippen LogP contribution is 2.33. The maximum absolute atomic E-state index is 10.9. The minimum absolute atomic E-state index is 0.0289. The zero-order valence-electron chi connectivity index (χ0n) is 17.7. The second-order valence-electron chi connectivity index (χ2n) is 7.62. The molecule has 3 aromatic rings. The van der Waals surface area contributed by atoms with Gasteiger partial charge in [0.25, 0.3) is 0 Å². The summed E-state index contributed by atoms with van der Waals surface area (Å²) in [5.41, 5.74) is 7.27. The van der Waals surface area contributed by atoms with Crippen molar-refractivity contribution >= 4 is 15.9 Å². The third-order valence-electron chi connectivity index (χ3n) is 5.16. The van der Waals surface area contributed by atoms with Crippen molar-refractivity contribution in [3.8, 4) is 0 Å². The highest BCUT2D eigenvalue weighted by Gasteiger charge is 2.22. The van der Waals surface area contributed by atoms with Gasteiger partial charge in [-0.3, -0.25) is 0 Å². The first-order valence-corrected chi connectivity index (χ1v) is 11.0. The van der Waals surface area contributed by atoms with Crippen LogP contribution in [0, 0.1) is 13.8 Å². The predicted molar refractivity (Wildman–Crippen MR) is 129 cm³/mol. The van der Waals surface area contributed by atoms with Crippen LogP contribution in [0.3, 0.4) is 0 Å². The minimum Gasteiger partial charge on any atom is -0.382 e. The van der Waals surface area contributed by atoms with Crippen molar-refractivity contribution in [3.63, 3.8) is 0 Å². The van der Waals surface area contributed by atoms with Crippen molar-refractivity contribution in [1.82, 2.24) is 10.3 Å². The van der Waals surface area contributed by atoms with Crippen molar-refractivity contribution in [2.75, 3.05) is 0 Å². The SMILES string of the molecule is C=C(Br)N/C(=C\CC)C(c1ccc(C)cc1)c1ccc(C(O)c2ccc(C)cc2)[nH]1. The summed E-state index contributed by atoms with van der Waals surface area (Å²) in [6, 6.07) is 20.6. The van der Waals surface area contributed by atoms with Crippen molar-refractivity contribution < 1.29 is 5.11 Å². The Morgan fingerprint density at radius 2 is 1.50 bits per heavy atom. The maximum atomic E-state index is 10.9. The first kappa shape index (κ1) is 22.1. The molecular weight excluding hydrogens is 436 g/mol. The lowest BCUT2D eigenvalue weighted by molar-refractivity contribution is 0.216. The standard InChI is InChI=1S/C26H29BrN2O/c1-5-6-22(28-19(4)27)25(20-11-7-17(2)8-12-20)23-15-16-24(29-23)26(30)21-13-9-18(3)10-14-21/h6-16,25-26,28-30H,4-5H2,1-3H3/b22-6-. The second kappa shape index (κ2) is 9.96. The van der Waals surface area contributed by atoms with Crippen LogP contribution in [0.15, 0.2) is 83.6 Å². The molecule has 30 heavy (non-hydrogen) atoms. The zero-order chi connectivity index (χ0) is 21.7. The fourth-order valence-corrected chi connectivity index (χ4v) is 3.82. The van der Waals surface area contributed by atoms with Crippen LogP contribution < -0.4 is 5.32 Å². The molecule has 2 atom stereocenters. The van der Waals surface area contributed by atoms with E-state index in [0.29, 0.717) is 4.61 Å². The van der Waals surface area contributed by atoms with Crippen LogP contribution in [0.2, 0.25) is 0 Å². The number of hydrogen-bond donors (Lipinski definition) is 3. The maximum Gasteiger partial charge on any atom is 0.119 e. The fourth-order valence-electron chi connectivity index (χ4n) is 3.59. The molecule has 0 fully saturated rings. The van der Waals surface area contributed by atoms with Crippen molar-refractivity contribution in [3.05, 3.63) is 117 Å². The number of aromatic nitrogens is 1. The van der Waals surface area contributed by atoms with Gasteiger partial charge >= 0.3 is 0 Å². The molecule has 0 aliphatic carbocycles. The Kier molecular flexibility index (Phi) is 7.35. The van der Waals surface area contributed by atoms with E-state index < -0.39 is 6.10 Å². The van der Waals surface area contributed by atoms with Crippen LogP contribution in [-0.4, -0.2) is 10.1 Å². The van der Waals surface area contributed by atoms with E-state index in [4.69, 9.17) is 0 Å². The van der Waals surface area contributed by atoms with Gasteiger partial charge in [-0.2, -0.15) is 0 Å². The number of hydrogen-bond acceptors (Lipinski definition) is 2. The Morgan fingerprint density at radius 3 is 2.03 bits per heavy atom. The summed E-state index contributed by atoms with van der Waals surface area (Å²) in [5, 5.41) is 14.3. The van der Waals surface area contributed by atoms with Gasteiger partial charge in [-0.05, 0) is 59.5 Å². The summed E-state index contributed by atoms with van der Waals surface area (Å²) < 4.78 is 0.714. The smallest absolute Gasteiger partial charge is 0.119 e. The predicted octanol–water partition coefficient (Wildman–Crippen LogP) is 6.59. The van der Waals surface area contributed by atoms with Gasteiger partial charge in [0.05, 0.1) is 10.5 Å². The van der Waals surface area contributed by atoms with E-state index in [2.05, 4.69) is 83.1 Å². The lowest BCUT2D eigenvalue weighted by Gasteiger charge is -2.22. The molecule has 3 rings (SSSR count). The van der Waals surface area contributed by atoms with E-state index in [0.717, 1.165) is 29.1 Å². The van der Waals surface area contributed by atoms with Gasteiger partial charge in [0.15, 0.2) is 0 Å². The zero-order valence-corrected chi connectivity index (χ0v) is 19.3. The van der Waals surface area contributed by atoms with Gasteiger partial charge in [0.1, 0.15) is 6.10 Å². The topological polar surface area (TPSA) is 48.0 Å². The second-order valence-corrected chi connectivity index (χ2v) is 8.58. The van der Waals surface area contributed by atoms with Gasteiger partial charge in [-0.15, -0.1) is 0 Å². The molecule has 3 nitrogen and oxygen atoms in total. The van der Waals surface area contributed by atoms with E-state index in [1.54, 1.807) is 0 Å². The van der Waals surface area contributed by atoms with E-state index in [1.165, 1.54) is 16.7 Å². The Labute approximate surface area is 187 Å². The fraction of sp³-hybridized carbons (Fsp3) is 0.231. The number of benzene rings is 2. The van der Waals surface area contributed by atoms with E-state index in [9.17, 15) is 5.11 Å². The van der Waals surface area contributed by atoms with E-state index in [-0.39, 0.29) is 5.92 Å². The number of allylic oxidation sites excluding steroid dienone is 2. The Balaban J connectivity index is 2.01. The lowest BCUT2D eigenvalue weighted by atomic mass is 9.91. The number of halogens is 1. The van der Waals surface area contributed by atoms with Crippen molar-refractivity contribution in [1.29, 1.82) is 0 Å². The molecule has 0 aliphatic heterocycles. The third kappa shape index (κ3) is 5.32. The number of aromatic amines is 1. The summed E-state index contributed by atoms with van der Waals surface area (Å²) in [7, 11) is 0. The van der Waals surface area contributed by atoms with Crippen LogP contribution in [0.1, 0.15) is 59.0 Å². The first-order valence-electron chi connectivity index (χ1n) is 10.2. The van der Waals surface area contributed by atoms with Gasteiger partial charge in [-0.1, -0.05) is 79.2 Å². The van der Waals surface area contributed by atoms with Crippen LogP contribution in [0.25, 0.3) is 0 Å². The molecule has 0 aliphatic rings. The molecule has 4 heteroatoms. The normalized spacial score (nSPS) is 13.7. The molecule has 1 aromatic heterocycles. The lowest BCUT2D eigenvalue weighted by Crippen LogP contribution is -2.18. The quantitative estimate of drug-likeness (QED) is 0.329. The first-order chi connectivity index (χ1) is 14.4. The largest absolute Gasteiger partial charge is 0.382 e. The monoisotopic (exact) mass is 464 g/mol.